The lowest BCUT2D eigenvalue weighted by Crippen LogP contribution is -2.39. The molecule has 1 unspecified atom stereocenters. The Morgan fingerprint density at radius 3 is 2.90 bits per heavy atom. The quantitative estimate of drug-likeness (QED) is 0.887. The van der Waals surface area contributed by atoms with Gasteiger partial charge < -0.3 is 15.0 Å². The van der Waals surface area contributed by atoms with E-state index in [2.05, 4.69) is 10.1 Å². The molecule has 1 heterocycles. The van der Waals surface area contributed by atoms with Crippen molar-refractivity contribution in [2.24, 2.45) is 5.73 Å². The number of rotatable bonds is 6. The molecule has 0 spiro atoms. The second-order valence-corrected chi connectivity index (χ2v) is 5.35. The first-order chi connectivity index (χ1) is 9.94. The number of ether oxygens (including phenoxy) is 1. The van der Waals surface area contributed by atoms with E-state index in [1.807, 2.05) is 6.92 Å². The first kappa shape index (κ1) is 15.9. The molecule has 114 valence electrons. The Hall–Kier alpha value is -1.50. The van der Waals surface area contributed by atoms with Gasteiger partial charge in [0.15, 0.2) is 5.82 Å². The smallest absolute Gasteiger partial charge is 0.231 e. The van der Waals surface area contributed by atoms with Crippen LogP contribution in [0, 0.1) is 5.82 Å². The summed E-state index contributed by atoms with van der Waals surface area (Å²) >= 11 is 5.97. The number of aromatic nitrogens is 2. The van der Waals surface area contributed by atoms with Gasteiger partial charge in [0.1, 0.15) is 11.4 Å². The molecule has 2 N–H and O–H groups in total. The van der Waals surface area contributed by atoms with E-state index in [1.54, 1.807) is 19.1 Å². The zero-order chi connectivity index (χ0) is 15.5. The molecule has 0 aliphatic rings. The molecule has 2 rings (SSSR count). The molecule has 2 aromatic rings. The fraction of sp³-hybridized carbons (Fsp3) is 0.429. The number of nitrogens with zero attached hydrogens (tertiary/aromatic N) is 2. The van der Waals surface area contributed by atoms with E-state index >= 15 is 0 Å². The van der Waals surface area contributed by atoms with Crippen molar-refractivity contribution < 1.29 is 13.7 Å². The molecule has 0 amide bonds. The van der Waals surface area contributed by atoms with Crippen molar-refractivity contribution >= 4 is 11.6 Å². The standard InChI is InChI=1S/C14H17ClFN3O2/c1-3-20-8-14(2,17)13-18-12(21-19-13)7-9-10(15)5-4-6-11(9)16/h4-6H,3,7-8,17H2,1-2H3. The minimum Gasteiger partial charge on any atom is -0.379 e. The first-order valence-corrected chi connectivity index (χ1v) is 6.94. The lowest BCUT2D eigenvalue weighted by Gasteiger charge is -2.19. The van der Waals surface area contributed by atoms with Crippen LogP contribution in [-0.2, 0) is 16.7 Å². The van der Waals surface area contributed by atoms with Gasteiger partial charge in [-0.3, -0.25) is 0 Å². The second kappa shape index (κ2) is 6.51. The number of nitrogens with two attached hydrogens (primary N) is 1. The van der Waals surface area contributed by atoms with Gasteiger partial charge in [-0.1, -0.05) is 22.8 Å². The van der Waals surface area contributed by atoms with Gasteiger partial charge in [0.25, 0.3) is 0 Å². The van der Waals surface area contributed by atoms with Gasteiger partial charge in [-0.25, -0.2) is 4.39 Å². The van der Waals surface area contributed by atoms with Crippen LogP contribution in [0.2, 0.25) is 5.02 Å². The molecular weight excluding hydrogens is 297 g/mol. The fourth-order valence-electron chi connectivity index (χ4n) is 1.79. The molecule has 1 atom stereocenters. The maximum absolute atomic E-state index is 13.7. The summed E-state index contributed by atoms with van der Waals surface area (Å²) in [4.78, 5) is 4.20. The van der Waals surface area contributed by atoms with Crippen molar-refractivity contribution in [3.8, 4) is 0 Å². The molecule has 0 aliphatic carbocycles. The monoisotopic (exact) mass is 313 g/mol. The molecule has 5 nitrogen and oxygen atoms in total. The van der Waals surface area contributed by atoms with Gasteiger partial charge in [-0.2, -0.15) is 4.98 Å². The highest BCUT2D eigenvalue weighted by molar-refractivity contribution is 6.31. The third-order valence-corrected chi connectivity index (χ3v) is 3.33. The summed E-state index contributed by atoms with van der Waals surface area (Å²) in [6.07, 6.45) is 0.114. The Morgan fingerprint density at radius 1 is 1.48 bits per heavy atom. The maximum atomic E-state index is 13.7. The van der Waals surface area contributed by atoms with Crippen LogP contribution < -0.4 is 5.73 Å². The summed E-state index contributed by atoms with van der Waals surface area (Å²) in [6, 6.07) is 4.49. The normalized spacial score (nSPS) is 14.1. The van der Waals surface area contributed by atoms with E-state index in [9.17, 15) is 4.39 Å². The number of benzene rings is 1. The Balaban J connectivity index is 2.17. The van der Waals surface area contributed by atoms with Crippen molar-refractivity contribution in [3.05, 3.63) is 46.3 Å². The van der Waals surface area contributed by atoms with E-state index in [0.717, 1.165) is 0 Å². The maximum Gasteiger partial charge on any atom is 0.231 e. The topological polar surface area (TPSA) is 74.2 Å². The first-order valence-electron chi connectivity index (χ1n) is 6.56. The highest BCUT2D eigenvalue weighted by atomic mass is 35.5. The predicted molar refractivity (Wildman–Crippen MR) is 76.5 cm³/mol. The van der Waals surface area contributed by atoms with Crippen molar-refractivity contribution in [2.45, 2.75) is 25.8 Å². The molecule has 21 heavy (non-hydrogen) atoms. The fourth-order valence-corrected chi connectivity index (χ4v) is 2.02. The van der Waals surface area contributed by atoms with Crippen LogP contribution in [-0.4, -0.2) is 23.4 Å². The van der Waals surface area contributed by atoms with Crippen LogP contribution >= 0.6 is 11.6 Å². The van der Waals surface area contributed by atoms with Crippen LogP contribution in [0.25, 0.3) is 0 Å². The van der Waals surface area contributed by atoms with E-state index in [0.29, 0.717) is 23.0 Å². The largest absolute Gasteiger partial charge is 0.379 e. The molecule has 0 saturated carbocycles. The van der Waals surface area contributed by atoms with Gasteiger partial charge in [0, 0.05) is 17.2 Å². The number of halogens is 2. The van der Waals surface area contributed by atoms with Crippen LogP contribution in [0.5, 0.6) is 0 Å². The number of hydrogen-bond acceptors (Lipinski definition) is 5. The Bertz CT molecular complexity index is 596. The predicted octanol–water partition coefficient (Wildman–Crippen LogP) is 2.66. The molecule has 0 radical (unpaired) electrons. The molecule has 0 aliphatic heterocycles. The molecule has 1 aromatic carbocycles. The summed E-state index contributed by atoms with van der Waals surface area (Å²) in [5, 5.41) is 4.16. The summed E-state index contributed by atoms with van der Waals surface area (Å²) in [7, 11) is 0. The summed E-state index contributed by atoms with van der Waals surface area (Å²) in [6.45, 7) is 4.43. The molecule has 7 heteroatoms. The van der Waals surface area contributed by atoms with Crippen LogP contribution in [0.3, 0.4) is 0 Å². The summed E-state index contributed by atoms with van der Waals surface area (Å²) in [5.41, 5.74) is 5.53. The van der Waals surface area contributed by atoms with Crippen molar-refractivity contribution in [1.82, 2.24) is 10.1 Å². The van der Waals surface area contributed by atoms with Crippen LogP contribution in [0.15, 0.2) is 22.7 Å². The molecular formula is C14H17ClFN3O2. The second-order valence-electron chi connectivity index (χ2n) is 4.94. The molecule has 1 aromatic heterocycles. The van der Waals surface area contributed by atoms with Gasteiger partial charge in [-0.05, 0) is 26.0 Å². The van der Waals surface area contributed by atoms with Crippen molar-refractivity contribution in [3.63, 3.8) is 0 Å². The molecule has 0 fully saturated rings. The zero-order valence-corrected chi connectivity index (χ0v) is 12.7. The van der Waals surface area contributed by atoms with E-state index in [1.165, 1.54) is 6.07 Å². The summed E-state index contributed by atoms with van der Waals surface area (Å²) < 4.78 is 24.1. The third kappa shape index (κ3) is 3.78. The zero-order valence-electron chi connectivity index (χ0n) is 11.9. The molecule has 0 saturated heterocycles. The molecule has 0 bridgehead atoms. The summed E-state index contributed by atoms with van der Waals surface area (Å²) in [5.74, 6) is 0.163. The SMILES string of the molecule is CCOCC(C)(N)c1noc(Cc2c(F)cccc2Cl)n1. The van der Waals surface area contributed by atoms with Crippen LogP contribution in [0.4, 0.5) is 4.39 Å². The van der Waals surface area contributed by atoms with Crippen molar-refractivity contribution in [1.29, 1.82) is 0 Å². The lowest BCUT2D eigenvalue weighted by molar-refractivity contribution is 0.0962. The highest BCUT2D eigenvalue weighted by Crippen LogP contribution is 2.23. The van der Waals surface area contributed by atoms with E-state index in [-0.39, 0.29) is 18.9 Å². The van der Waals surface area contributed by atoms with Gasteiger partial charge >= 0.3 is 0 Å². The average Bonchev–Trinajstić information content (AvgIpc) is 2.90. The Labute approximate surface area is 127 Å². The Kier molecular flexibility index (Phi) is 4.92. The third-order valence-electron chi connectivity index (χ3n) is 2.97. The van der Waals surface area contributed by atoms with Gasteiger partial charge in [-0.15, -0.1) is 0 Å². The van der Waals surface area contributed by atoms with Crippen molar-refractivity contribution in [2.75, 3.05) is 13.2 Å². The van der Waals surface area contributed by atoms with Crippen LogP contribution in [0.1, 0.15) is 31.1 Å². The van der Waals surface area contributed by atoms with E-state index in [4.69, 9.17) is 26.6 Å². The average molecular weight is 314 g/mol. The van der Waals surface area contributed by atoms with E-state index < -0.39 is 11.4 Å². The number of hydrogen-bond donors (Lipinski definition) is 1. The van der Waals surface area contributed by atoms with Gasteiger partial charge in [0.2, 0.25) is 5.89 Å². The highest BCUT2D eigenvalue weighted by Gasteiger charge is 2.28. The lowest BCUT2D eigenvalue weighted by atomic mass is 10.1. The Morgan fingerprint density at radius 2 is 2.24 bits per heavy atom. The minimum absolute atomic E-state index is 0.114. The van der Waals surface area contributed by atoms with Gasteiger partial charge in [0.05, 0.1) is 13.0 Å². The minimum atomic E-state index is -0.864.